The van der Waals surface area contributed by atoms with Crippen LogP contribution in [0, 0.1) is 11.8 Å². The van der Waals surface area contributed by atoms with Crippen LogP contribution in [0.5, 0.6) is 0 Å². The number of rotatable bonds is 4. The molecule has 3 rings (SSSR count). The molecule has 2 fully saturated rings. The lowest BCUT2D eigenvalue weighted by Crippen LogP contribution is -2.52. The fourth-order valence-electron chi connectivity index (χ4n) is 4.03. The average Bonchev–Trinajstić information content (AvgIpc) is 3.12. The number of carbonyl (C=O) groups is 2. The van der Waals surface area contributed by atoms with Crippen molar-refractivity contribution in [3.63, 3.8) is 0 Å². The van der Waals surface area contributed by atoms with Gasteiger partial charge in [-0.05, 0) is 31.8 Å². The molecule has 0 spiro atoms. The molecule has 0 bridgehead atoms. The molecule has 6 heteroatoms. The number of fused-ring (bicyclic) bond motifs is 1. The lowest BCUT2D eigenvalue weighted by Gasteiger charge is -2.39. The molecule has 5 atom stereocenters. The SMILES string of the molecule is CCC1CC(C)C(C)(C(=O)OCC2=CCN3CCC(O)C23)OC1=O. The quantitative estimate of drug-likeness (QED) is 0.615. The van der Waals surface area contributed by atoms with E-state index in [4.69, 9.17) is 9.47 Å². The Morgan fingerprint density at radius 3 is 3.00 bits per heavy atom. The normalized spacial score (nSPS) is 39.3. The van der Waals surface area contributed by atoms with E-state index < -0.39 is 17.7 Å². The van der Waals surface area contributed by atoms with E-state index in [9.17, 15) is 14.7 Å². The third-order valence-corrected chi connectivity index (χ3v) is 5.93. The van der Waals surface area contributed by atoms with Crippen molar-refractivity contribution in [2.45, 2.75) is 57.8 Å². The van der Waals surface area contributed by atoms with Gasteiger partial charge in [-0.15, -0.1) is 0 Å². The first-order valence-electron chi connectivity index (χ1n) is 8.88. The molecule has 3 aliphatic rings. The number of aliphatic hydroxyl groups is 1. The minimum atomic E-state index is -1.23. The molecule has 1 N–H and O–H groups in total. The molecule has 0 amide bonds. The van der Waals surface area contributed by atoms with Gasteiger partial charge in [0, 0.05) is 19.0 Å². The van der Waals surface area contributed by atoms with Crippen LogP contribution in [0.25, 0.3) is 0 Å². The van der Waals surface area contributed by atoms with Crippen molar-refractivity contribution in [2.75, 3.05) is 19.7 Å². The predicted molar refractivity (Wildman–Crippen MR) is 87.1 cm³/mol. The first kappa shape index (κ1) is 17.4. The third-order valence-electron chi connectivity index (χ3n) is 5.93. The highest BCUT2D eigenvalue weighted by Crippen LogP contribution is 2.37. The van der Waals surface area contributed by atoms with Crippen molar-refractivity contribution < 1.29 is 24.2 Å². The second-order valence-electron chi connectivity index (χ2n) is 7.42. The second kappa shape index (κ2) is 6.48. The molecule has 0 aliphatic carbocycles. The molecule has 134 valence electrons. The van der Waals surface area contributed by atoms with E-state index in [0.29, 0.717) is 6.42 Å². The summed E-state index contributed by atoms with van der Waals surface area (Å²) in [7, 11) is 0. The Hall–Kier alpha value is -1.40. The van der Waals surface area contributed by atoms with Gasteiger partial charge < -0.3 is 14.6 Å². The lowest BCUT2D eigenvalue weighted by atomic mass is 9.79. The Bertz CT molecular complexity index is 560. The molecule has 3 aliphatic heterocycles. The van der Waals surface area contributed by atoms with Crippen LogP contribution >= 0.6 is 0 Å². The zero-order valence-electron chi connectivity index (χ0n) is 14.7. The van der Waals surface area contributed by atoms with Gasteiger partial charge in [-0.3, -0.25) is 9.69 Å². The van der Waals surface area contributed by atoms with Gasteiger partial charge in [-0.1, -0.05) is 19.9 Å². The summed E-state index contributed by atoms with van der Waals surface area (Å²) in [5.41, 5.74) is -0.284. The van der Waals surface area contributed by atoms with Crippen LogP contribution in [-0.2, 0) is 19.1 Å². The second-order valence-corrected chi connectivity index (χ2v) is 7.42. The first-order chi connectivity index (χ1) is 11.4. The van der Waals surface area contributed by atoms with Gasteiger partial charge in [0.1, 0.15) is 6.61 Å². The minimum Gasteiger partial charge on any atom is -0.458 e. The van der Waals surface area contributed by atoms with E-state index in [2.05, 4.69) is 4.90 Å². The first-order valence-corrected chi connectivity index (χ1v) is 8.88. The van der Waals surface area contributed by atoms with E-state index in [1.807, 2.05) is 19.9 Å². The fraction of sp³-hybridized carbons (Fsp3) is 0.778. The lowest BCUT2D eigenvalue weighted by molar-refractivity contribution is -0.198. The van der Waals surface area contributed by atoms with Gasteiger partial charge >= 0.3 is 11.9 Å². The van der Waals surface area contributed by atoms with E-state index in [1.165, 1.54) is 0 Å². The maximum atomic E-state index is 12.6. The number of cyclic esters (lactones) is 1. The fourth-order valence-corrected chi connectivity index (χ4v) is 4.03. The number of aliphatic hydroxyl groups excluding tert-OH is 1. The smallest absolute Gasteiger partial charge is 0.350 e. The van der Waals surface area contributed by atoms with Crippen LogP contribution in [0.3, 0.4) is 0 Å². The van der Waals surface area contributed by atoms with Crippen LogP contribution in [-0.4, -0.2) is 59.4 Å². The Morgan fingerprint density at radius 1 is 1.54 bits per heavy atom. The van der Waals surface area contributed by atoms with Gasteiger partial charge in [0.15, 0.2) is 0 Å². The van der Waals surface area contributed by atoms with E-state index >= 15 is 0 Å². The number of hydrogen-bond acceptors (Lipinski definition) is 6. The monoisotopic (exact) mass is 337 g/mol. The number of nitrogens with zero attached hydrogens (tertiary/aromatic N) is 1. The van der Waals surface area contributed by atoms with Crippen LogP contribution in [0.15, 0.2) is 11.6 Å². The predicted octanol–water partition coefficient (Wildman–Crippen LogP) is 1.27. The standard InChI is InChI=1S/C18H27NO5/c1-4-12-9-11(2)18(3,24-16(12)21)17(22)23-10-13-5-7-19-8-6-14(20)15(13)19/h5,11-12,14-15,20H,4,6-10H2,1-3H3. The molecule has 0 saturated carbocycles. The highest BCUT2D eigenvalue weighted by Gasteiger charge is 2.50. The van der Waals surface area contributed by atoms with Gasteiger partial charge in [0.25, 0.3) is 0 Å². The summed E-state index contributed by atoms with van der Waals surface area (Å²) >= 11 is 0. The number of carbonyl (C=O) groups excluding carboxylic acids is 2. The van der Waals surface area contributed by atoms with Gasteiger partial charge in [-0.25, -0.2) is 4.79 Å². The highest BCUT2D eigenvalue weighted by molar-refractivity contribution is 5.85. The van der Waals surface area contributed by atoms with Crippen LogP contribution in [0.2, 0.25) is 0 Å². The average molecular weight is 337 g/mol. The minimum absolute atomic E-state index is 0.0404. The summed E-state index contributed by atoms with van der Waals surface area (Å²) < 4.78 is 11.0. The summed E-state index contributed by atoms with van der Waals surface area (Å²) in [6.45, 7) is 7.32. The molecule has 0 aromatic heterocycles. The maximum absolute atomic E-state index is 12.6. The largest absolute Gasteiger partial charge is 0.458 e. The molecule has 24 heavy (non-hydrogen) atoms. The Labute approximate surface area is 142 Å². The van der Waals surface area contributed by atoms with E-state index in [1.54, 1.807) is 6.92 Å². The molecule has 5 unspecified atom stereocenters. The summed E-state index contributed by atoms with van der Waals surface area (Å²) in [6.07, 6.45) is 3.73. The van der Waals surface area contributed by atoms with Crippen molar-refractivity contribution in [1.82, 2.24) is 4.90 Å². The topological polar surface area (TPSA) is 76.1 Å². The van der Waals surface area contributed by atoms with Crippen molar-refractivity contribution in [3.05, 3.63) is 11.6 Å². The highest BCUT2D eigenvalue weighted by atomic mass is 16.6. The van der Waals surface area contributed by atoms with E-state index in [0.717, 1.165) is 31.5 Å². The summed E-state index contributed by atoms with van der Waals surface area (Å²) in [6, 6.07) is -0.0404. The summed E-state index contributed by atoms with van der Waals surface area (Å²) in [4.78, 5) is 26.8. The maximum Gasteiger partial charge on any atom is 0.350 e. The van der Waals surface area contributed by atoms with Gasteiger partial charge in [0.05, 0.1) is 18.1 Å². The van der Waals surface area contributed by atoms with Crippen molar-refractivity contribution in [3.8, 4) is 0 Å². The Kier molecular flexibility index (Phi) is 4.71. The molecule has 2 saturated heterocycles. The number of hydrogen-bond donors (Lipinski definition) is 1. The number of esters is 2. The van der Waals surface area contributed by atoms with E-state index in [-0.39, 0.29) is 30.5 Å². The molecular weight excluding hydrogens is 310 g/mol. The molecular formula is C18H27NO5. The molecule has 6 nitrogen and oxygen atoms in total. The molecule has 0 aromatic rings. The van der Waals surface area contributed by atoms with Gasteiger partial charge in [0.2, 0.25) is 5.60 Å². The Balaban J connectivity index is 1.61. The van der Waals surface area contributed by atoms with Crippen LogP contribution in [0.4, 0.5) is 0 Å². The van der Waals surface area contributed by atoms with Crippen molar-refractivity contribution in [1.29, 1.82) is 0 Å². The molecule has 0 radical (unpaired) electrons. The summed E-state index contributed by atoms with van der Waals surface area (Å²) in [5.74, 6) is -1.03. The van der Waals surface area contributed by atoms with Crippen LogP contribution in [0.1, 0.15) is 40.0 Å². The molecule has 0 aromatic carbocycles. The zero-order chi connectivity index (χ0) is 17.5. The molecule has 3 heterocycles. The summed E-state index contributed by atoms with van der Waals surface area (Å²) in [5, 5.41) is 10.1. The van der Waals surface area contributed by atoms with Crippen molar-refractivity contribution in [2.24, 2.45) is 11.8 Å². The van der Waals surface area contributed by atoms with Crippen molar-refractivity contribution >= 4 is 11.9 Å². The number of ether oxygens (including phenoxy) is 2. The zero-order valence-corrected chi connectivity index (χ0v) is 14.7. The van der Waals surface area contributed by atoms with Crippen LogP contribution < -0.4 is 0 Å². The Morgan fingerprint density at radius 2 is 2.29 bits per heavy atom. The van der Waals surface area contributed by atoms with Gasteiger partial charge in [-0.2, -0.15) is 0 Å². The third kappa shape index (κ3) is 2.86.